The summed E-state index contributed by atoms with van der Waals surface area (Å²) in [5.74, 6) is -3.56. The quantitative estimate of drug-likeness (QED) is 0.234. The molecule has 172 valence electrons. The van der Waals surface area contributed by atoms with Crippen molar-refractivity contribution in [2.45, 2.75) is 83.3 Å². The summed E-state index contributed by atoms with van der Waals surface area (Å²) in [6.45, 7) is 6.47. The molecule has 3 amide bonds. The number of carbonyl (C=O) groups is 4. The summed E-state index contributed by atoms with van der Waals surface area (Å²) in [7, 11) is 0. The Morgan fingerprint density at radius 1 is 1.07 bits per heavy atom. The molecule has 7 atom stereocenters. The molecule has 7 unspecified atom stereocenters. The molecule has 0 aromatic carbocycles. The fourth-order valence-electron chi connectivity index (χ4n) is 3.28. The zero-order valence-electron chi connectivity index (χ0n) is 17.9. The van der Waals surface area contributed by atoms with E-state index >= 15 is 0 Å². The van der Waals surface area contributed by atoms with Gasteiger partial charge in [0.15, 0.2) is 6.04 Å². The van der Waals surface area contributed by atoms with Crippen molar-refractivity contribution in [3.05, 3.63) is 0 Å². The van der Waals surface area contributed by atoms with Crippen LogP contribution in [0.2, 0.25) is 0 Å². The van der Waals surface area contributed by atoms with Crippen LogP contribution < -0.4 is 16.4 Å². The molecule has 1 rings (SSSR count). The van der Waals surface area contributed by atoms with Gasteiger partial charge in [-0.2, -0.15) is 0 Å². The Balaban J connectivity index is 2.96. The maximum absolute atomic E-state index is 12.9. The second-order valence-corrected chi connectivity index (χ2v) is 7.89. The second-order valence-electron chi connectivity index (χ2n) is 7.89. The zero-order chi connectivity index (χ0) is 23.2. The van der Waals surface area contributed by atoms with E-state index in [9.17, 15) is 34.5 Å². The molecule has 11 heteroatoms. The number of aliphatic hydroxyl groups is 2. The summed E-state index contributed by atoms with van der Waals surface area (Å²) in [4.78, 5) is 50.6. The number of nitrogens with two attached hydrogens (primary N) is 1. The topological polar surface area (TPSA) is 182 Å². The minimum atomic E-state index is -1.52. The van der Waals surface area contributed by atoms with Gasteiger partial charge in [-0.25, -0.2) is 4.79 Å². The summed E-state index contributed by atoms with van der Waals surface area (Å²) in [5, 5.41) is 33.2. The van der Waals surface area contributed by atoms with E-state index in [0.717, 1.165) is 0 Å². The molecule has 0 bridgehead atoms. The number of carbonyl (C=O) groups excluding carboxylic acids is 3. The summed E-state index contributed by atoms with van der Waals surface area (Å²) in [5.41, 5.74) is 5.72. The number of aliphatic hydroxyl groups excluding tert-OH is 2. The van der Waals surface area contributed by atoms with Crippen molar-refractivity contribution in [2.75, 3.05) is 6.54 Å². The van der Waals surface area contributed by atoms with Crippen molar-refractivity contribution in [2.24, 2.45) is 11.7 Å². The van der Waals surface area contributed by atoms with Gasteiger partial charge in [0.05, 0.1) is 12.2 Å². The highest BCUT2D eigenvalue weighted by atomic mass is 16.4. The van der Waals surface area contributed by atoms with Gasteiger partial charge in [0, 0.05) is 6.54 Å². The number of rotatable bonds is 10. The normalized spacial score (nSPS) is 22.4. The van der Waals surface area contributed by atoms with Crippen LogP contribution in [0.1, 0.15) is 47.0 Å². The number of hydrogen-bond acceptors (Lipinski definition) is 7. The molecule has 11 nitrogen and oxygen atoms in total. The number of likely N-dealkylation sites (tertiary alicyclic amines) is 1. The number of aliphatic carboxylic acids is 1. The molecule has 0 aliphatic carbocycles. The predicted molar refractivity (Wildman–Crippen MR) is 107 cm³/mol. The highest BCUT2D eigenvalue weighted by Crippen LogP contribution is 2.20. The van der Waals surface area contributed by atoms with E-state index in [1.165, 1.54) is 18.7 Å². The number of nitrogens with zero attached hydrogens (tertiary/aromatic N) is 1. The first-order valence-corrected chi connectivity index (χ1v) is 10.2. The minimum absolute atomic E-state index is 0.306. The average Bonchev–Trinajstić information content (AvgIpc) is 3.17. The third-order valence-electron chi connectivity index (χ3n) is 5.48. The molecular formula is C19H34N4O7. The number of carboxylic acids is 1. The standard InChI is InChI=1S/C19H34N4O7/c1-5-9(2)14(17(27)22-15(11(4)25)19(29)30)21-16(26)12-7-6-8-23(12)18(28)13(20)10(3)24/h9-15,24-25H,5-8,20H2,1-4H3,(H,21,26)(H,22,27)(H,29,30). The van der Waals surface area contributed by atoms with Gasteiger partial charge in [-0.05, 0) is 32.6 Å². The van der Waals surface area contributed by atoms with E-state index in [4.69, 9.17) is 5.73 Å². The van der Waals surface area contributed by atoms with Crippen LogP contribution in [0.15, 0.2) is 0 Å². The third-order valence-corrected chi connectivity index (χ3v) is 5.48. The fraction of sp³-hybridized carbons (Fsp3) is 0.789. The van der Waals surface area contributed by atoms with Crippen molar-refractivity contribution in [3.63, 3.8) is 0 Å². The van der Waals surface area contributed by atoms with Crippen molar-refractivity contribution >= 4 is 23.7 Å². The lowest BCUT2D eigenvalue weighted by Crippen LogP contribution is -2.59. The SMILES string of the molecule is CCC(C)C(NC(=O)C1CCCN1C(=O)C(N)C(C)O)C(=O)NC(C(=O)O)C(C)O. The molecular weight excluding hydrogens is 396 g/mol. The number of hydrogen-bond donors (Lipinski definition) is 6. The summed E-state index contributed by atoms with van der Waals surface area (Å²) >= 11 is 0. The van der Waals surface area contributed by atoms with Crippen molar-refractivity contribution in [1.29, 1.82) is 0 Å². The van der Waals surface area contributed by atoms with Crippen LogP contribution in [0.5, 0.6) is 0 Å². The molecule has 1 fully saturated rings. The van der Waals surface area contributed by atoms with Crippen LogP contribution in [-0.2, 0) is 19.2 Å². The van der Waals surface area contributed by atoms with E-state index < -0.39 is 60.1 Å². The van der Waals surface area contributed by atoms with Crippen molar-refractivity contribution in [3.8, 4) is 0 Å². The highest BCUT2D eigenvalue weighted by molar-refractivity contribution is 5.94. The average molecular weight is 431 g/mol. The lowest BCUT2D eigenvalue weighted by Gasteiger charge is -2.31. The van der Waals surface area contributed by atoms with E-state index in [0.29, 0.717) is 25.8 Å². The first-order chi connectivity index (χ1) is 13.9. The molecule has 0 radical (unpaired) electrons. The largest absolute Gasteiger partial charge is 0.480 e. The maximum Gasteiger partial charge on any atom is 0.328 e. The molecule has 0 aromatic heterocycles. The monoisotopic (exact) mass is 430 g/mol. The first-order valence-electron chi connectivity index (χ1n) is 10.2. The molecule has 0 saturated carbocycles. The van der Waals surface area contributed by atoms with Gasteiger partial charge in [-0.15, -0.1) is 0 Å². The van der Waals surface area contributed by atoms with Crippen LogP contribution in [0.4, 0.5) is 0 Å². The Morgan fingerprint density at radius 3 is 2.13 bits per heavy atom. The molecule has 30 heavy (non-hydrogen) atoms. The van der Waals surface area contributed by atoms with Gasteiger partial charge >= 0.3 is 5.97 Å². The van der Waals surface area contributed by atoms with E-state index in [1.54, 1.807) is 6.92 Å². The summed E-state index contributed by atoms with van der Waals surface area (Å²) in [6, 6.07) is -4.57. The number of nitrogens with one attached hydrogen (secondary N) is 2. The fourth-order valence-corrected chi connectivity index (χ4v) is 3.28. The molecule has 1 aliphatic rings. The van der Waals surface area contributed by atoms with E-state index in [2.05, 4.69) is 10.6 Å². The first kappa shape index (κ1) is 25.8. The lowest BCUT2D eigenvalue weighted by atomic mass is 9.97. The Bertz CT molecular complexity index is 640. The molecule has 1 aliphatic heterocycles. The minimum Gasteiger partial charge on any atom is -0.480 e. The summed E-state index contributed by atoms with van der Waals surface area (Å²) in [6.07, 6.45) is -0.937. The van der Waals surface area contributed by atoms with Gasteiger partial charge < -0.3 is 36.6 Å². The van der Waals surface area contributed by atoms with Crippen LogP contribution in [0.25, 0.3) is 0 Å². The van der Waals surface area contributed by atoms with E-state index in [1.807, 2.05) is 6.92 Å². The van der Waals surface area contributed by atoms with Crippen LogP contribution in [0, 0.1) is 5.92 Å². The molecule has 0 aromatic rings. The number of carboxylic acid groups (broad SMARTS) is 1. The van der Waals surface area contributed by atoms with Crippen molar-refractivity contribution < 1.29 is 34.5 Å². The van der Waals surface area contributed by atoms with E-state index in [-0.39, 0.29) is 5.92 Å². The van der Waals surface area contributed by atoms with Gasteiger partial charge in [0.2, 0.25) is 17.7 Å². The molecule has 1 saturated heterocycles. The molecule has 0 spiro atoms. The van der Waals surface area contributed by atoms with Crippen LogP contribution >= 0.6 is 0 Å². The molecule has 1 heterocycles. The Labute approximate surface area is 176 Å². The Kier molecular flexibility index (Phi) is 9.66. The number of amides is 3. The molecule has 7 N–H and O–H groups in total. The second kappa shape index (κ2) is 11.2. The van der Waals surface area contributed by atoms with Gasteiger partial charge in [0.1, 0.15) is 18.1 Å². The van der Waals surface area contributed by atoms with Gasteiger partial charge in [-0.3, -0.25) is 14.4 Å². The summed E-state index contributed by atoms with van der Waals surface area (Å²) < 4.78 is 0. The van der Waals surface area contributed by atoms with Crippen LogP contribution in [-0.4, -0.2) is 86.8 Å². The zero-order valence-corrected chi connectivity index (χ0v) is 17.9. The smallest absolute Gasteiger partial charge is 0.328 e. The van der Waals surface area contributed by atoms with Gasteiger partial charge in [-0.1, -0.05) is 20.3 Å². The van der Waals surface area contributed by atoms with Crippen LogP contribution in [0.3, 0.4) is 0 Å². The lowest BCUT2D eigenvalue weighted by molar-refractivity contribution is -0.146. The van der Waals surface area contributed by atoms with Gasteiger partial charge in [0.25, 0.3) is 0 Å². The Morgan fingerprint density at radius 2 is 1.67 bits per heavy atom. The highest BCUT2D eigenvalue weighted by Gasteiger charge is 2.39. The van der Waals surface area contributed by atoms with Crippen molar-refractivity contribution in [1.82, 2.24) is 15.5 Å². The predicted octanol–water partition coefficient (Wildman–Crippen LogP) is -1.83. The maximum atomic E-state index is 12.9. The third kappa shape index (κ3) is 6.38. The Hall–Kier alpha value is -2.24.